The Kier molecular flexibility index (Phi) is 4.59. The second kappa shape index (κ2) is 6.25. The van der Waals surface area contributed by atoms with Crippen molar-refractivity contribution >= 4 is 11.9 Å². The van der Waals surface area contributed by atoms with Crippen LogP contribution in [-0.2, 0) is 16.0 Å². The van der Waals surface area contributed by atoms with Gasteiger partial charge in [-0.15, -0.1) is 0 Å². The molecule has 1 atom stereocenters. The fourth-order valence-corrected chi connectivity index (χ4v) is 2.33. The number of carboxylic acid groups (broad SMARTS) is 1. The lowest BCUT2D eigenvalue weighted by Gasteiger charge is -2.17. The van der Waals surface area contributed by atoms with Crippen molar-refractivity contribution in [1.29, 1.82) is 0 Å². The standard InChI is InChI=1S/C16H21NO5/c1-10(14(18)17-16(6-7-16)15(19)20)8-11-4-5-12(21-2)13(9-11)22-3/h4-5,9-10H,6-8H2,1-3H3,(H,17,18)(H,19,20). The number of methoxy groups -OCH3 is 2. The van der Waals surface area contributed by atoms with Crippen LogP contribution >= 0.6 is 0 Å². The van der Waals surface area contributed by atoms with Gasteiger partial charge >= 0.3 is 5.97 Å². The number of aliphatic carboxylic acids is 1. The highest BCUT2D eigenvalue weighted by Gasteiger charge is 2.51. The highest BCUT2D eigenvalue weighted by Crippen LogP contribution is 2.36. The lowest BCUT2D eigenvalue weighted by atomic mass is 9.99. The second-order valence-corrected chi connectivity index (χ2v) is 5.67. The number of nitrogens with one attached hydrogen (secondary N) is 1. The van der Waals surface area contributed by atoms with E-state index < -0.39 is 11.5 Å². The minimum Gasteiger partial charge on any atom is -0.493 e. The zero-order valence-corrected chi connectivity index (χ0v) is 13.0. The Hall–Kier alpha value is -2.24. The third kappa shape index (κ3) is 3.32. The van der Waals surface area contributed by atoms with Crippen LogP contribution in [0.25, 0.3) is 0 Å². The molecule has 1 amide bonds. The molecule has 2 N–H and O–H groups in total. The first-order chi connectivity index (χ1) is 10.4. The van der Waals surface area contributed by atoms with Crippen molar-refractivity contribution in [2.45, 2.75) is 31.7 Å². The maximum Gasteiger partial charge on any atom is 0.329 e. The van der Waals surface area contributed by atoms with Crippen LogP contribution in [0.3, 0.4) is 0 Å². The minimum absolute atomic E-state index is 0.241. The van der Waals surface area contributed by atoms with Gasteiger partial charge in [-0.05, 0) is 37.0 Å². The number of amides is 1. The first-order valence-electron chi connectivity index (χ1n) is 7.18. The fourth-order valence-electron chi connectivity index (χ4n) is 2.33. The molecule has 0 heterocycles. The van der Waals surface area contributed by atoms with Gasteiger partial charge in [0.1, 0.15) is 5.54 Å². The molecule has 1 aliphatic rings. The van der Waals surface area contributed by atoms with E-state index in [0.29, 0.717) is 30.8 Å². The first-order valence-corrected chi connectivity index (χ1v) is 7.18. The molecule has 0 aliphatic heterocycles. The van der Waals surface area contributed by atoms with Gasteiger partial charge in [-0.25, -0.2) is 4.79 Å². The average molecular weight is 307 g/mol. The molecule has 6 heteroatoms. The lowest BCUT2D eigenvalue weighted by Crippen LogP contribution is -2.45. The van der Waals surface area contributed by atoms with Crippen LogP contribution in [0.4, 0.5) is 0 Å². The number of carboxylic acids is 1. The van der Waals surface area contributed by atoms with Crippen molar-refractivity contribution in [3.05, 3.63) is 23.8 Å². The van der Waals surface area contributed by atoms with Gasteiger partial charge in [0.2, 0.25) is 5.91 Å². The summed E-state index contributed by atoms with van der Waals surface area (Å²) in [5.74, 6) is -0.285. The molecule has 1 aromatic rings. The van der Waals surface area contributed by atoms with Crippen molar-refractivity contribution in [2.24, 2.45) is 5.92 Å². The molecule has 120 valence electrons. The van der Waals surface area contributed by atoms with Crippen LogP contribution in [0, 0.1) is 5.92 Å². The predicted molar refractivity (Wildman–Crippen MR) is 80.2 cm³/mol. The molecule has 0 saturated heterocycles. The molecular formula is C16H21NO5. The Balaban J connectivity index is 2.01. The third-order valence-electron chi connectivity index (χ3n) is 3.96. The summed E-state index contributed by atoms with van der Waals surface area (Å²) < 4.78 is 10.4. The molecule has 1 aliphatic carbocycles. The Morgan fingerprint density at radius 1 is 1.27 bits per heavy atom. The van der Waals surface area contributed by atoms with Crippen LogP contribution < -0.4 is 14.8 Å². The lowest BCUT2D eigenvalue weighted by molar-refractivity contribution is -0.143. The molecule has 1 saturated carbocycles. The van der Waals surface area contributed by atoms with Gasteiger partial charge in [-0.3, -0.25) is 4.79 Å². The topological polar surface area (TPSA) is 84.9 Å². The molecule has 0 bridgehead atoms. The zero-order chi connectivity index (χ0) is 16.3. The number of rotatable bonds is 7. The number of hydrogen-bond donors (Lipinski definition) is 2. The fraction of sp³-hybridized carbons (Fsp3) is 0.500. The molecular weight excluding hydrogens is 286 g/mol. The van der Waals surface area contributed by atoms with Crippen molar-refractivity contribution in [1.82, 2.24) is 5.32 Å². The Bertz CT molecular complexity index is 580. The van der Waals surface area contributed by atoms with E-state index in [1.165, 1.54) is 0 Å². The molecule has 0 spiro atoms. The van der Waals surface area contributed by atoms with Crippen molar-refractivity contribution in [3.8, 4) is 11.5 Å². The highest BCUT2D eigenvalue weighted by molar-refractivity contribution is 5.90. The predicted octanol–water partition coefficient (Wildman–Crippen LogP) is 1.62. The molecule has 0 aromatic heterocycles. The summed E-state index contributed by atoms with van der Waals surface area (Å²) in [4.78, 5) is 23.3. The molecule has 22 heavy (non-hydrogen) atoms. The summed E-state index contributed by atoms with van der Waals surface area (Å²) in [7, 11) is 3.12. The largest absolute Gasteiger partial charge is 0.493 e. The number of ether oxygens (including phenoxy) is 2. The summed E-state index contributed by atoms with van der Waals surface area (Å²) in [6, 6.07) is 5.49. The van der Waals surface area contributed by atoms with Crippen LogP contribution in [0.2, 0.25) is 0 Å². The van der Waals surface area contributed by atoms with Gasteiger partial charge in [0, 0.05) is 5.92 Å². The normalized spacial score (nSPS) is 16.5. The van der Waals surface area contributed by atoms with E-state index in [4.69, 9.17) is 14.6 Å². The average Bonchev–Trinajstić information content (AvgIpc) is 3.27. The van der Waals surface area contributed by atoms with E-state index >= 15 is 0 Å². The van der Waals surface area contributed by atoms with E-state index in [9.17, 15) is 9.59 Å². The highest BCUT2D eigenvalue weighted by atomic mass is 16.5. The van der Waals surface area contributed by atoms with Gasteiger partial charge in [-0.2, -0.15) is 0 Å². The van der Waals surface area contributed by atoms with Crippen molar-refractivity contribution < 1.29 is 24.2 Å². The van der Waals surface area contributed by atoms with E-state index in [0.717, 1.165) is 5.56 Å². The van der Waals surface area contributed by atoms with E-state index in [-0.39, 0.29) is 11.8 Å². The Morgan fingerprint density at radius 3 is 2.41 bits per heavy atom. The first kappa shape index (κ1) is 16.1. The zero-order valence-electron chi connectivity index (χ0n) is 13.0. The SMILES string of the molecule is COc1ccc(CC(C)C(=O)NC2(C(=O)O)CC2)cc1OC. The molecule has 2 rings (SSSR count). The van der Waals surface area contributed by atoms with Crippen LogP contribution in [0.15, 0.2) is 18.2 Å². The van der Waals surface area contributed by atoms with Crippen molar-refractivity contribution in [3.63, 3.8) is 0 Å². The van der Waals surface area contributed by atoms with E-state index in [2.05, 4.69) is 5.32 Å². The van der Waals surface area contributed by atoms with Gasteiger partial charge in [0.05, 0.1) is 14.2 Å². The molecule has 1 unspecified atom stereocenters. The van der Waals surface area contributed by atoms with Crippen LogP contribution in [-0.4, -0.2) is 36.7 Å². The van der Waals surface area contributed by atoms with Gasteiger partial charge in [0.15, 0.2) is 11.5 Å². The monoisotopic (exact) mass is 307 g/mol. The molecule has 1 fully saturated rings. The van der Waals surface area contributed by atoms with E-state index in [1.807, 2.05) is 12.1 Å². The summed E-state index contributed by atoms with van der Waals surface area (Å²) in [6.07, 6.45) is 1.50. The molecule has 0 radical (unpaired) electrons. The number of benzene rings is 1. The summed E-state index contributed by atoms with van der Waals surface area (Å²) in [5.41, 5.74) is -0.108. The maximum absolute atomic E-state index is 12.2. The van der Waals surface area contributed by atoms with E-state index in [1.54, 1.807) is 27.2 Å². The van der Waals surface area contributed by atoms with Gasteiger partial charge in [0.25, 0.3) is 0 Å². The summed E-state index contributed by atoms with van der Waals surface area (Å²) in [6.45, 7) is 1.78. The third-order valence-corrected chi connectivity index (χ3v) is 3.96. The number of carbonyl (C=O) groups excluding carboxylic acids is 1. The summed E-state index contributed by atoms with van der Waals surface area (Å²) >= 11 is 0. The summed E-state index contributed by atoms with van der Waals surface area (Å²) in [5, 5.41) is 11.7. The molecule has 6 nitrogen and oxygen atoms in total. The quantitative estimate of drug-likeness (QED) is 0.799. The van der Waals surface area contributed by atoms with Gasteiger partial charge < -0.3 is 19.9 Å². The van der Waals surface area contributed by atoms with Crippen molar-refractivity contribution in [2.75, 3.05) is 14.2 Å². The minimum atomic E-state index is -1.04. The number of carbonyl (C=O) groups is 2. The maximum atomic E-state index is 12.2. The van der Waals surface area contributed by atoms with Gasteiger partial charge in [-0.1, -0.05) is 13.0 Å². The smallest absolute Gasteiger partial charge is 0.329 e. The Morgan fingerprint density at radius 2 is 1.91 bits per heavy atom. The number of hydrogen-bond acceptors (Lipinski definition) is 4. The second-order valence-electron chi connectivity index (χ2n) is 5.67. The molecule has 1 aromatic carbocycles. The van der Waals surface area contributed by atoms with Crippen LogP contribution in [0.5, 0.6) is 11.5 Å². The Labute approximate surface area is 129 Å². The van der Waals surface area contributed by atoms with Crippen LogP contribution in [0.1, 0.15) is 25.3 Å².